The van der Waals surface area contributed by atoms with Crippen LogP contribution in [-0.4, -0.2) is 13.1 Å². The van der Waals surface area contributed by atoms with E-state index in [1.54, 1.807) is 0 Å². The van der Waals surface area contributed by atoms with Crippen LogP contribution in [0.15, 0.2) is 46.9 Å². The van der Waals surface area contributed by atoms with Crippen molar-refractivity contribution in [3.05, 3.63) is 68.7 Å². The molecule has 2 aromatic rings. The molecule has 2 aromatic carbocycles. The smallest absolute Gasteiger partial charge is 0.0449 e. The average Bonchev–Trinajstić information content (AvgIpc) is 2.46. The third kappa shape index (κ3) is 4.84. The van der Waals surface area contributed by atoms with Crippen molar-refractivity contribution >= 4 is 27.5 Å². The highest BCUT2D eigenvalue weighted by atomic mass is 79.9. The van der Waals surface area contributed by atoms with Gasteiger partial charge in [0.15, 0.2) is 0 Å². The van der Waals surface area contributed by atoms with Gasteiger partial charge < -0.3 is 5.32 Å². The van der Waals surface area contributed by atoms with Crippen molar-refractivity contribution in [2.75, 3.05) is 13.1 Å². The third-order valence-electron chi connectivity index (χ3n) is 3.67. The molecule has 0 saturated heterocycles. The normalized spacial score (nSPS) is 12.4. The predicted molar refractivity (Wildman–Crippen MR) is 95.3 cm³/mol. The number of benzene rings is 2. The summed E-state index contributed by atoms with van der Waals surface area (Å²) in [5, 5.41) is 4.29. The number of hydrogen-bond donors (Lipinski definition) is 1. The Labute approximate surface area is 140 Å². The van der Waals surface area contributed by atoms with Crippen LogP contribution in [0.25, 0.3) is 0 Å². The molecule has 0 spiro atoms. The zero-order valence-corrected chi connectivity index (χ0v) is 14.8. The number of halogens is 2. The fourth-order valence-electron chi connectivity index (χ4n) is 2.42. The monoisotopic (exact) mass is 365 g/mol. The lowest BCUT2D eigenvalue weighted by Gasteiger charge is -2.19. The van der Waals surface area contributed by atoms with Gasteiger partial charge in [0.05, 0.1) is 0 Å². The van der Waals surface area contributed by atoms with E-state index in [9.17, 15) is 0 Å². The molecule has 0 heterocycles. The van der Waals surface area contributed by atoms with Crippen LogP contribution in [0.4, 0.5) is 0 Å². The molecule has 0 aliphatic carbocycles. The van der Waals surface area contributed by atoms with Gasteiger partial charge in [0.25, 0.3) is 0 Å². The van der Waals surface area contributed by atoms with E-state index in [0.29, 0.717) is 5.92 Å². The number of aryl methyl sites for hydroxylation is 1. The molecule has 1 N–H and O–H groups in total. The maximum Gasteiger partial charge on any atom is 0.0449 e. The van der Waals surface area contributed by atoms with Crippen LogP contribution in [0.3, 0.4) is 0 Å². The van der Waals surface area contributed by atoms with Gasteiger partial charge in [-0.1, -0.05) is 70.3 Å². The molecule has 0 saturated carbocycles. The summed E-state index contributed by atoms with van der Waals surface area (Å²) < 4.78 is 1.02. The average molecular weight is 367 g/mol. The van der Waals surface area contributed by atoms with E-state index in [4.69, 9.17) is 11.6 Å². The van der Waals surface area contributed by atoms with Gasteiger partial charge >= 0.3 is 0 Å². The maximum atomic E-state index is 6.37. The SMILES string of the molecule is CCNCC(Cc1ccc(Br)cc1Cl)c1ccc(C)cc1. The Bertz CT molecular complexity index is 580. The fraction of sp³-hybridized carbons (Fsp3) is 0.333. The summed E-state index contributed by atoms with van der Waals surface area (Å²) in [5.41, 5.74) is 3.85. The molecule has 0 amide bonds. The summed E-state index contributed by atoms with van der Waals surface area (Å²) in [7, 11) is 0. The molecule has 1 nitrogen and oxygen atoms in total. The van der Waals surface area contributed by atoms with Crippen LogP contribution < -0.4 is 5.32 Å². The summed E-state index contributed by atoms with van der Waals surface area (Å²) in [6, 6.07) is 14.9. The standard InChI is InChI=1S/C18H21BrClN/c1-3-21-12-16(14-6-4-13(2)5-7-14)10-15-8-9-17(19)11-18(15)20/h4-9,11,16,21H,3,10,12H2,1-2H3. The van der Waals surface area contributed by atoms with E-state index >= 15 is 0 Å². The van der Waals surface area contributed by atoms with Crippen LogP contribution in [0.5, 0.6) is 0 Å². The number of hydrogen-bond acceptors (Lipinski definition) is 1. The second-order valence-electron chi connectivity index (χ2n) is 5.36. The first-order valence-corrected chi connectivity index (χ1v) is 8.48. The zero-order chi connectivity index (χ0) is 15.2. The van der Waals surface area contributed by atoms with Crippen molar-refractivity contribution in [1.29, 1.82) is 0 Å². The topological polar surface area (TPSA) is 12.0 Å². The molecular weight excluding hydrogens is 346 g/mol. The van der Waals surface area contributed by atoms with E-state index in [-0.39, 0.29) is 0 Å². The number of nitrogens with one attached hydrogen (secondary N) is 1. The molecule has 0 radical (unpaired) electrons. The molecule has 21 heavy (non-hydrogen) atoms. The van der Waals surface area contributed by atoms with E-state index in [1.165, 1.54) is 16.7 Å². The molecule has 1 atom stereocenters. The van der Waals surface area contributed by atoms with Crippen LogP contribution in [0.1, 0.15) is 29.5 Å². The number of likely N-dealkylation sites (N-methyl/N-ethyl adjacent to an activating group) is 1. The van der Waals surface area contributed by atoms with E-state index < -0.39 is 0 Å². The summed E-state index contributed by atoms with van der Waals surface area (Å²) >= 11 is 9.83. The van der Waals surface area contributed by atoms with Crippen molar-refractivity contribution in [2.45, 2.75) is 26.2 Å². The van der Waals surface area contributed by atoms with Gasteiger partial charge in [-0.05, 0) is 43.1 Å². The number of rotatable bonds is 6. The third-order valence-corrected chi connectivity index (χ3v) is 4.52. The Kier molecular flexibility index (Phi) is 6.28. The van der Waals surface area contributed by atoms with Crippen molar-refractivity contribution in [3.8, 4) is 0 Å². The van der Waals surface area contributed by atoms with Gasteiger partial charge in [0.2, 0.25) is 0 Å². The zero-order valence-electron chi connectivity index (χ0n) is 12.5. The maximum absolute atomic E-state index is 6.37. The van der Waals surface area contributed by atoms with Gasteiger partial charge in [-0.25, -0.2) is 0 Å². The Morgan fingerprint density at radius 3 is 2.48 bits per heavy atom. The first-order valence-electron chi connectivity index (χ1n) is 7.31. The Hall–Kier alpha value is -0.830. The lowest BCUT2D eigenvalue weighted by atomic mass is 9.91. The highest BCUT2D eigenvalue weighted by Crippen LogP contribution is 2.27. The van der Waals surface area contributed by atoms with Gasteiger partial charge in [-0.3, -0.25) is 0 Å². The molecule has 0 aromatic heterocycles. The Balaban J connectivity index is 2.21. The lowest BCUT2D eigenvalue weighted by molar-refractivity contribution is 0.595. The van der Waals surface area contributed by atoms with E-state index in [2.05, 4.69) is 71.5 Å². The second kappa shape index (κ2) is 7.98. The van der Waals surface area contributed by atoms with Crippen LogP contribution in [0, 0.1) is 6.92 Å². The molecule has 112 valence electrons. The molecular formula is C18H21BrClN. The van der Waals surface area contributed by atoms with Gasteiger partial charge in [0, 0.05) is 22.0 Å². The van der Waals surface area contributed by atoms with E-state index in [0.717, 1.165) is 29.0 Å². The lowest BCUT2D eigenvalue weighted by Crippen LogP contribution is -2.22. The summed E-state index contributed by atoms with van der Waals surface area (Å²) in [5.74, 6) is 0.434. The largest absolute Gasteiger partial charge is 0.316 e. The summed E-state index contributed by atoms with van der Waals surface area (Å²) in [4.78, 5) is 0. The van der Waals surface area contributed by atoms with Crippen LogP contribution in [-0.2, 0) is 6.42 Å². The quantitative estimate of drug-likeness (QED) is 0.727. The minimum atomic E-state index is 0.434. The molecule has 3 heteroatoms. The summed E-state index contributed by atoms with van der Waals surface area (Å²) in [6.07, 6.45) is 0.947. The first kappa shape index (κ1) is 16.5. The molecule has 1 unspecified atom stereocenters. The molecule has 0 aliphatic rings. The minimum Gasteiger partial charge on any atom is -0.316 e. The first-order chi connectivity index (χ1) is 10.1. The van der Waals surface area contributed by atoms with Crippen molar-refractivity contribution in [1.82, 2.24) is 5.32 Å². The molecule has 0 aliphatic heterocycles. The van der Waals surface area contributed by atoms with Crippen molar-refractivity contribution in [2.24, 2.45) is 0 Å². The highest BCUT2D eigenvalue weighted by molar-refractivity contribution is 9.10. The molecule has 0 bridgehead atoms. The van der Waals surface area contributed by atoms with Crippen molar-refractivity contribution < 1.29 is 0 Å². The van der Waals surface area contributed by atoms with Gasteiger partial charge in [-0.15, -0.1) is 0 Å². The minimum absolute atomic E-state index is 0.434. The molecule has 2 rings (SSSR count). The van der Waals surface area contributed by atoms with Crippen molar-refractivity contribution in [3.63, 3.8) is 0 Å². The van der Waals surface area contributed by atoms with Crippen LogP contribution >= 0.6 is 27.5 Å². The molecule has 0 fully saturated rings. The predicted octanol–water partition coefficient (Wildman–Crippen LogP) is 5.35. The van der Waals surface area contributed by atoms with Gasteiger partial charge in [-0.2, -0.15) is 0 Å². The summed E-state index contributed by atoms with van der Waals surface area (Å²) in [6.45, 7) is 6.20. The van der Waals surface area contributed by atoms with Crippen LogP contribution in [0.2, 0.25) is 5.02 Å². The fourth-order valence-corrected chi connectivity index (χ4v) is 3.17. The second-order valence-corrected chi connectivity index (χ2v) is 6.68. The Morgan fingerprint density at radius 2 is 1.86 bits per heavy atom. The highest BCUT2D eigenvalue weighted by Gasteiger charge is 2.14. The Morgan fingerprint density at radius 1 is 1.14 bits per heavy atom. The van der Waals surface area contributed by atoms with E-state index in [1.807, 2.05) is 6.07 Å². The van der Waals surface area contributed by atoms with Gasteiger partial charge in [0.1, 0.15) is 0 Å².